The van der Waals surface area contributed by atoms with Crippen LogP contribution < -0.4 is 15.4 Å². The molecule has 10 heteroatoms. The van der Waals surface area contributed by atoms with Gasteiger partial charge in [0.25, 0.3) is 10.0 Å². The Hall–Kier alpha value is -3.92. The second-order valence-electron chi connectivity index (χ2n) is 7.67. The molecule has 0 saturated carbocycles. The van der Waals surface area contributed by atoms with Crippen LogP contribution in [0.4, 0.5) is 28.8 Å². The zero-order valence-corrected chi connectivity index (χ0v) is 19.5. The smallest absolute Gasteiger partial charge is 0.267 e. The van der Waals surface area contributed by atoms with Gasteiger partial charge in [0.1, 0.15) is 11.5 Å². The minimum atomic E-state index is -3.81. The molecule has 0 fully saturated rings. The third kappa shape index (κ3) is 5.29. The summed E-state index contributed by atoms with van der Waals surface area (Å²) in [5, 5.41) is 10.1. The normalized spacial score (nSPS) is 11.3. The van der Waals surface area contributed by atoms with Crippen molar-refractivity contribution in [3.63, 3.8) is 0 Å². The molecule has 0 aliphatic heterocycles. The summed E-state index contributed by atoms with van der Waals surface area (Å²) >= 11 is 0. The van der Waals surface area contributed by atoms with Crippen molar-refractivity contribution >= 4 is 38.9 Å². The summed E-state index contributed by atoms with van der Waals surface area (Å²) in [5.74, 6) is 1.33. The maximum Gasteiger partial charge on any atom is 0.267 e. The number of anilines is 5. The average molecular weight is 465 g/mol. The molecule has 0 spiro atoms. The second-order valence-corrected chi connectivity index (χ2v) is 9.29. The van der Waals surface area contributed by atoms with E-state index in [1.54, 1.807) is 38.1 Å². The van der Waals surface area contributed by atoms with Gasteiger partial charge in [-0.2, -0.15) is 4.98 Å². The lowest BCUT2D eigenvalue weighted by atomic mass is 10.2. The zero-order valence-electron chi connectivity index (χ0n) is 18.7. The Labute approximate surface area is 192 Å². The van der Waals surface area contributed by atoms with E-state index in [2.05, 4.69) is 30.5 Å². The topological polar surface area (TPSA) is 122 Å². The summed E-state index contributed by atoms with van der Waals surface area (Å²) in [7, 11) is -3.81. The summed E-state index contributed by atoms with van der Waals surface area (Å²) < 4.78 is 32.9. The van der Waals surface area contributed by atoms with Crippen molar-refractivity contribution in [3.8, 4) is 0 Å². The molecule has 0 atom stereocenters. The summed E-state index contributed by atoms with van der Waals surface area (Å²) in [6.07, 6.45) is 0. The molecule has 33 heavy (non-hydrogen) atoms. The number of hydrogen-bond donors (Lipinski definition) is 3. The van der Waals surface area contributed by atoms with Crippen molar-refractivity contribution in [3.05, 3.63) is 77.3 Å². The fourth-order valence-corrected chi connectivity index (χ4v) is 4.68. The first-order valence-corrected chi connectivity index (χ1v) is 11.7. The number of sulfonamides is 1. The van der Waals surface area contributed by atoms with Crippen molar-refractivity contribution in [2.75, 3.05) is 15.4 Å². The van der Waals surface area contributed by atoms with Gasteiger partial charge in [-0.05, 0) is 64.1 Å². The number of aryl methyl sites for hydroxylation is 4. The number of benzene rings is 2. The predicted molar refractivity (Wildman–Crippen MR) is 128 cm³/mol. The van der Waals surface area contributed by atoms with Gasteiger partial charge in [-0.25, -0.2) is 13.4 Å². The van der Waals surface area contributed by atoms with Gasteiger partial charge in [0.2, 0.25) is 5.95 Å². The Bertz CT molecular complexity index is 1360. The molecule has 2 heterocycles. The second kappa shape index (κ2) is 8.91. The standard InChI is InChI=1S/C23H24N6O3S/c1-14-5-7-18(8-6-14)25-21-13-15(2)24-23(27-21)26-19-9-11-20(12-10-19)29-33(30,31)22-16(3)28-32-17(22)4/h5-13,29H,1-4H3,(H2,24,25,26,27). The molecule has 0 aliphatic carbocycles. The zero-order chi connectivity index (χ0) is 23.6. The van der Waals surface area contributed by atoms with Crippen LogP contribution >= 0.6 is 0 Å². The fraction of sp³-hybridized carbons (Fsp3) is 0.174. The highest BCUT2D eigenvalue weighted by Crippen LogP contribution is 2.24. The SMILES string of the molecule is Cc1ccc(Nc2cc(C)nc(Nc3ccc(NS(=O)(=O)c4c(C)noc4C)cc3)n2)cc1. The third-order valence-electron chi connectivity index (χ3n) is 4.81. The van der Waals surface area contributed by atoms with Gasteiger partial charge >= 0.3 is 0 Å². The number of rotatable bonds is 7. The Morgan fingerprint density at radius 1 is 0.788 bits per heavy atom. The quantitative estimate of drug-likeness (QED) is 0.350. The molecular weight excluding hydrogens is 440 g/mol. The predicted octanol–water partition coefficient (Wildman–Crippen LogP) is 4.99. The van der Waals surface area contributed by atoms with E-state index in [0.29, 0.717) is 28.8 Å². The number of nitrogens with one attached hydrogen (secondary N) is 3. The van der Waals surface area contributed by atoms with Crippen LogP contribution in [0.25, 0.3) is 0 Å². The Morgan fingerprint density at radius 2 is 1.39 bits per heavy atom. The van der Waals surface area contributed by atoms with E-state index < -0.39 is 10.0 Å². The van der Waals surface area contributed by atoms with E-state index in [1.165, 1.54) is 5.56 Å². The molecule has 3 N–H and O–H groups in total. The summed E-state index contributed by atoms with van der Waals surface area (Å²) in [6, 6.07) is 16.7. The molecule has 2 aromatic heterocycles. The lowest BCUT2D eigenvalue weighted by Crippen LogP contribution is -2.14. The van der Waals surface area contributed by atoms with E-state index in [0.717, 1.165) is 11.4 Å². The first kappa shape index (κ1) is 22.3. The maximum atomic E-state index is 12.7. The molecule has 9 nitrogen and oxygen atoms in total. The van der Waals surface area contributed by atoms with Crippen LogP contribution in [0.15, 0.2) is 64.0 Å². The molecule has 0 bridgehead atoms. The van der Waals surface area contributed by atoms with Gasteiger partial charge in [-0.3, -0.25) is 4.72 Å². The first-order chi connectivity index (χ1) is 15.7. The molecule has 170 valence electrons. The average Bonchev–Trinajstić information content (AvgIpc) is 3.09. The van der Waals surface area contributed by atoms with Crippen LogP contribution in [0.5, 0.6) is 0 Å². The summed E-state index contributed by atoms with van der Waals surface area (Å²) in [4.78, 5) is 9.00. The Morgan fingerprint density at radius 3 is 2.03 bits per heavy atom. The third-order valence-corrected chi connectivity index (χ3v) is 6.43. The molecule has 0 aliphatic rings. The Kier molecular flexibility index (Phi) is 6.01. The Balaban J connectivity index is 1.48. The first-order valence-electron chi connectivity index (χ1n) is 10.2. The summed E-state index contributed by atoms with van der Waals surface area (Å²) in [6.45, 7) is 7.07. The van der Waals surface area contributed by atoms with E-state index in [4.69, 9.17) is 4.52 Å². The number of aromatic nitrogens is 3. The molecule has 0 unspecified atom stereocenters. The lowest BCUT2D eigenvalue weighted by molar-refractivity contribution is 0.390. The van der Waals surface area contributed by atoms with Gasteiger partial charge in [-0.15, -0.1) is 0 Å². The van der Waals surface area contributed by atoms with Gasteiger partial charge in [0, 0.05) is 28.8 Å². The highest BCUT2D eigenvalue weighted by molar-refractivity contribution is 7.92. The van der Waals surface area contributed by atoms with Crippen LogP contribution in [-0.2, 0) is 10.0 Å². The van der Waals surface area contributed by atoms with Crippen LogP contribution in [0.2, 0.25) is 0 Å². The van der Waals surface area contributed by atoms with E-state index >= 15 is 0 Å². The minimum Gasteiger partial charge on any atom is -0.360 e. The molecule has 4 aromatic rings. The van der Waals surface area contributed by atoms with Crippen LogP contribution in [0.1, 0.15) is 22.7 Å². The van der Waals surface area contributed by atoms with Crippen molar-refractivity contribution < 1.29 is 12.9 Å². The summed E-state index contributed by atoms with van der Waals surface area (Å²) in [5.41, 5.74) is 4.34. The van der Waals surface area contributed by atoms with E-state index in [-0.39, 0.29) is 10.7 Å². The maximum absolute atomic E-state index is 12.7. The van der Waals surface area contributed by atoms with Gasteiger partial charge < -0.3 is 15.2 Å². The molecule has 4 rings (SSSR count). The number of hydrogen-bond acceptors (Lipinski definition) is 8. The molecule has 0 amide bonds. The lowest BCUT2D eigenvalue weighted by Gasteiger charge is -2.11. The fourth-order valence-electron chi connectivity index (χ4n) is 3.29. The molecular formula is C23H24N6O3S. The molecule has 2 aromatic carbocycles. The van der Waals surface area contributed by atoms with Crippen molar-refractivity contribution in [1.82, 2.24) is 15.1 Å². The highest BCUT2D eigenvalue weighted by Gasteiger charge is 2.24. The van der Waals surface area contributed by atoms with Gasteiger partial charge in [0.15, 0.2) is 10.7 Å². The largest absolute Gasteiger partial charge is 0.360 e. The highest BCUT2D eigenvalue weighted by atomic mass is 32.2. The van der Waals surface area contributed by atoms with Crippen molar-refractivity contribution in [2.45, 2.75) is 32.6 Å². The van der Waals surface area contributed by atoms with Crippen LogP contribution in [0, 0.1) is 27.7 Å². The molecule has 0 radical (unpaired) electrons. The van der Waals surface area contributed by atoms with Crippen molar-refractivity contribution in [1.29, 1.82) is 0 Å². The van der Waals surface area contributed by atoms with Crippen molar-refractivity contribution in [2.24, 2.45) is 0 Å². The minimum absolute atomic E-state index is 0.0477. The monoisotopic (exact) mass is 464 g/mol. The van der Waals surface area contributed by atoms with E-state index in [1.807, 2.05) is 44.2 Å². The molecule has 0 saturated heterocycles. The van der Waals surface area contributed by atoms with Gasteiger partial charge in [0.05, 0.1) is 0 Å². The van der Waals surface area contributed by atoms with Gasteiger partial charge in [-0.1, -0.05) is 22.9 Å². The van der Waals surface area contributed by atoms with Crippen LogP contribution in [-0.4, -0.2) is 23.5 Å². The van der Waals surface area contributed by atoms with Crippen LogP contribution in [0.3, 0.4) is 0 Å². The van der Waals surface area contributed by atoms with E-state index in [9.17, 15) is 8.42 Å². The number of nitrogens with zero attached hydrogens (tertiary/aromatic N) is 3.